The third kappa shape index (κ3) is 5.16. The first-order valence-electron chi connectivity index (χ1n) is 9.95. The molecule has 2 aromatic carbocycles. The van der Waals surface area contributed by atoms with Crippen molar-refractivity contribution in [3.8, 4) is 28.5 Å². The van der Waals surface area contributed by atoms with Gasteiger partial charge in [-0.1, -0.05) is 29.8 Å². The Kier molecular flexibility index (Phi) is 6.07. The summed E-state index contributed by atoms with van der Waals surface area (Å²) < 4.78 is 10.9. The smallest absolute Gasteiger partial charge is 0.220 e. The fraction of sp³-hybridized carbons (Fsp3) is 0.217. The summed E-state index contributed by atoms with van der Waals surface area (Å²) >= 11 is 0. The van der Waals surface area contributed by atoms with Crippen LogP contribution in [0.3, 0.4) is 0 Å². The summed E-state index contributed by atoms with van der Waals surface area (Å²) in [5.74, 6) is 3.03. The highest BCUT2D eigenvalue weighted by Crippen LogP contribution is 2.21. The highest BCUT2D eigenvalue weighted by molar-refractivity contribution is 5.76. The Morgan fingerprint density at radius 1 is 1.10 bits per heavy atom. The molecule has 0 fully saturated rings. The summed E-state index contributed by atoms with van der Waals surface area (Å²) in [5, 5.41) is 9.88. The molecular weight excluding hydrogens is 394 g/mol. The number of nitrogens with zero attached hydrogens (tertiary/aromatic N) is 3. The number of carbonyl (C=O) groups is 1. The van der Waals surface area contributed by atoms with Gasteiger partial charge < -0.3 is 14.5 Å². The zero-order valence-corrected chi connectivity index (χ0v) is 17.4. The van der Waals surface area contributed by atoms with Gasteiger partial charge in [0, 0.05) is 24.0 Å². The molecule has 0 aliphatic carbocycles. The van der Waals surface area contributed by atoms with Crippen molar-refractivity contribution in [3.05, 3.63) is 72.0 Å². The van der Waals surface area contributed by atoms with Crippen LogP contribution in [-0.2, 0) is 17.8 Å². The summed E-state index contributed by atoms with van der Waals surface area (Å²) in [5.41, 5.74) is 3.01. The Labute approximate surface area is 179 Å². The van der Waals surface area contributed by atoms with Crippen molar-refractivity contribution in [2.45, 2.75) is 26.3 Å². The van der Waals surface area contributed by atoms with Crippen molar-refractivity contribution < 1.29 is 13.9 Å². The van der Waals surface area contributed by atoms with Gasteiger partial charge in [-0.15, -0.1) is 0 Å². The summed E-state index contributed by atoms with van der Waals surface area (Å²) in [4.78, 5) is 20.9. The van der Waals surface area contributed by atoms with Gasteiger partial charge in [0.05, 0.1) is 19.9 Å². The lowest BCUT2D eigenvalue weighted by Crippen LogP contribution is -2.23. The summed E-state index contributed by atoms with van der Waals surface area (Å²) in [6.45, 7) is 2.30. The maximum absolute atomic E-state index is 12.2. The van der Waals surface area contributed by atoms with Gasteiger partial charge in [0.2, 0.25) is 5.91 Å². The Hall–Kier alpha value is -3.94. The second-order valence-corrected chi connectivity index (χ2v) is 7.10. The lowest BCUT2D eigenvalue weighted by atomic mass is 10.1. The van der Waals surface area contributed by atoms with Crippen molar-refractivity contribution in [2.75, 3.05) is 7.11 Å². The summed E-state index contributed by atoms with van der Waals surface area (Å²) in [6.07, 6.45) is 2.38. The number of hydrogen-bond acceptors (Lipinski definition) is 6. The van der Waals surface area contributed by atoms with E-state index < -0.39 is 0 Å². The number of rotatable bonds is 8. The number of hydrogen-bond donors (Lipinski definition) is 2. The Balaban J connectivity index is 1.26. The first-order chi connectivity index (χ1) is 15.1. The maximum atomic E-state index is 12.2. The lowest BCUT2D eigenvalue weighted by Gasteiger charge is -2.02. The molecule has 31 heavy (non-hydrogen) atoms. The Morgan fingerprint density at radius 3 is 2.58 bits per heavy atom. The van der Waals surface area contributed by atoms with E-state index in [0.717, 1.165) is 16.9 Å². The van der Waals surface area contributed by atoms with Gasteiger partial charge >= 0.3 is 0 Å². The molecule has 4 rings (SSSR count). The first kappa shape index (κ1) is 20.3. The van der Waals surface area contributed by atoms with Crippen molar-refractivity contribution in [2.24, 2.45) is 0 Å². The zero-order chi connectivity index (χ0) is 21.6. The van der Waals surface area contributed by atoms with Gasteiger partial charge in [-0.25, -0.2) is 9.97 Å². The molecule has 0 radical (unpaired) electrons. The number of aryl methyl sites for hydroxylation is 2. The molecule has 2 heterocycles. The van der Waals surface area contributed by atoms with E-state index in [0.29, 0.717) is 29.7 Å². The molecule has 4 aromatic rings. The van der Waals surface area contributed by atoms with E-state index in [1.807, 2.05) is 55.5 Å². The molecule has 0 atom stereocenters. The molecule has 0 aliphatic rings. The second-order valence-electron chi connectivity index (χ2n) is 7.10. The molecule has 158 valence electrons. The monoisotopic (exact) mass is 417 g/mol. The SMILES string of the molecule is COc1ccc(-c2n[nH]c(CNC(=O)CCc3ncc(-c4ccc(C)cc4)o3)n2)cc1. The van der Waals surface area contributed by atoms with Gasteiger partial charge in [0.25, 0.3) is 0 Å². The summed E-state index contributed by atoms with van der Waals surface area (Å²) in [7, 11) is 1.62. The molecule has 0 bridgehead atoms. The predicted octanol–water partition coefficient (Wildman–Crippen LogP) is 3.69. The molecule has 8 nitrogen and oxygen atoms in total. The maximum Gasteiger partial charge on any atom is 0.220 e. The van der Waals surface area contributed by atoms with Crippen molar-refractivity contribution >= 4 is 5.91 Å². The third-order valence-corrected chi connectivity index (χ3v) is 4.79. The van der Waals surface area contributed by atoms with Gasteiger partial charge in [-0.05, 0) is 31.2 Å². The number of ether oxygens (including phenoxy) is 1. The molecule has 0 aliphatic heterocycles. The van der Waals surface area contributed by atoms with Crippen molar-refractivity contribution in [1.82, 2.24) is 25.5 Å². The van der Waals surface area contributed by atoms with Crippen LogP contribution in [0.5, 0.6) is 5.75 Å². The van der Waals surface area contributed by atoms with E-state index in [1.165, 1.54) is 5.56 Å². The van der Waals surface area contributed by atoms with E-state index in [2.05, 4.69) is 25.5 Å². The van der Waals surface area contributed by atoms with Crippen LogP contribution >= 0.6 is 0 Å². The minimum Gasteiger partial charge on any atom is -0.497 e. The lowest BCUT2D eigenvalue weighted by molar-refractivity contribution is -0.121. The van der Waals surface area contributed by atoms with Gasteiger partial charge in [0.15, 0.2) is 17.5 Å². The van der Waals surface area contributed by atoms with E-state index >= 15 is 0 Å². The van der Waals surface area contributed by atoms with Gasteiger partial charge in [0.1, 0.15) is 11.6 Å². The number of benzene rings is 2. The van der Waals surface area contributed by atoms with Crippen LogP contribution in [0.25, 0.3) is 22.7 Å². The molecular formula is C23H23N5O3. The van der Waals surface area contributed by atoms with E-state index in [4.69, 9.17) is 9.15 Å². The number of oxazole rings is 1. The fourth-order valence-electron chi connectivity index (χ4n) is 3.01. The number of H-pyrrole nitrogens is 1. The molecule has 0 spiro atoms. The molecule has 2 N–H and O–H groups in total. The first-order valence-corrected chi connectivity index (χ1v) is 9.95. The predicted molar refractivity (Wildman–Crippen MR) is 115 cm³/mol. The van der Waals surface area contributed by atoms with Gasteiger partial charge in [-0.3, -0.25) is 9.89 Å². The third-order valence-electron chi connectivity index (χ3n) is 4.79. The quantitative estimate of drug-likeness (QED) is 0.453. The van der Waals surface area contributed by atoms with Crippen LogP contribution in [-0.4, -0.2) is 33.2 Å². The second kappa shape index (κ2) is 9.25. The number of methoxy groups -OCH3 is 1. The fourth-order valence-corrected chi connectivity index (χ4v) is 3.01. The molecule has 0 saturated heterocycles. The Bertz CT molecular complexity index is 1150. The van der Waals surface area contributed by atoms with Crippen LogP contribution in [0.1, 0.15) is 23.7 Å². The number of nitrogens with one attached hydrogen (secondary N) is 2. The topological polar surface area (TPSA) is 106 Å². The van der Waals surface area contributed by atoms with Crippen LogP contribution in [0.15, 0.2) is 59.1 Å². The molecule has 0 unspecified atom stereocenters. The highest BCUT2D eigenvalue weighted by atomic mass is 16.5. The number of aromatic nitrogens is 4. The van der Waals surface area contributed by atoms with Gasteiger partial charge in [-0.2, -0.15) is 5.10 Å². The molecule has 8 heteroatoms. The number of amides is 1. The molecule has 0 saturated carbocycles. The van der Waals surface area contributed by atoms with E-state index in [1.54, 1.807) is 13.3 Å². The van der Waals surface area contributed by atoms with Crippen LogP contribution in [0, 0.1) is 6.92 Å². The summed E-state index contributed by atoms with van der Waals surface area (Å²) in [6, 6.07) is 15.5. The average Bonchev–Trinajstić information content (AvgIpc) is 3.47. The average molecular weight is 417 g/mol. The normalized spacial score (nSPS) is 10.8. The van der Waals surface area contributed by atoms with E-state index in [-0.39, 0.29) is 18.9 Å². The number of aromatic amines is 1. The number of carbonyl (C=O) groups excluding carboxylic acids is 1. The minimum absolute atomic E-state index is 0.113. The minimum atomic E-state index is -0.113. The van der Waals surface area contributed by atoms with Crippen molar-refractivity contribution in [3.63, 3.8) is 0 Å². The molecule has 1 amide bonds. The highest BCUT2D eigenvalue weighted by Gasteiger charge is 2.11. The Morgan fingerprint density at radius 2 is 1.84 bits per heavy atom. The van der Waals surface area contributed by atoms with Crippen LogP contribution < -0.4 is 10.1 Å². The van der Waals surface area contributed by atoms with Crippen LogP contribution in [0.2, 0.25) is 0 Å². The van der Waals surface area contributed by atoms with E-state index in [9.17, 15) is 4.79 Å². The standard InChI is InChI=1S/C23H23N5O3/c1-15-3-5-16(6-4-15)19-13-25-22(31-19)12-11-21(29)24-14-20-26-23(28-27-20)17-7-9-18(30-2)10-8-17/h3-10,13H,11-12,14H2,1-2H3,(H,24,29)(H,26,27,28). The van der Waals surface area contributed by atoms with Crippen LogP contribution in [0.4, 0.5) is 0 Å². The van der Waals surface area contributed by atoms with Crippen molar-refractivity contribution in [1.29, 1.82) is 0 Å². The zero-order valence-electron chi connectivity index (χ0n) is 17.4. The largest absolute Gasteiger partial charge is 0.497 e. The molecule has 2 aromatic heterocycles.